The Morgan fingerprint density at radius 2 is 1.97 bits per heavy atom. The minimum Gasteiger partial charge on any atom is -0.423 e. The van der Waals surface area contributed by atoms with E-state index in [0.29, 0.717) is 17.4 Å². The standard InChI is InChI=1S/C23H20N2O3S3/c1-12-25-18(11-29-12)17-9-21(26)28-19-8-15(6-7-16(17)19)30-22-24-10-20(31-22)23(27,13-2-3-13)14-4-5-14/h6-11,13-14,27H,2-5H2,1H3. The highest BCUT2D eigenvalue weighted by molar-refractivity contribution is 8.01. The summed E-state index contributed by atoms with van der Waals surface area (Å²) in [6.45, 7) is 1.95. The molecular weight excluding hydrogens is 448 g/mol. The van der Waals surface area contributed by atoms with Gasteiger partial charge in [-0.15, -0.1) is 22.7 Å². The van der Waals surface area contributed by atoms with Gasteiger partial charge in [-0.3, -0.25) is 0 Å². The number of nitrogens with zero attached hydrogens (tertiary/aromatic N) is 2. The SMILES string of the molecule is Cc1nc(-c2cc(=O)oc3cc(Sc4ncc(C(O)(C5CC5)C5CC5)s4)ccc23)cs1. The second kappa shape index (κ2) is 7.27. The maximum atomic E-state index is 12.2. The molecule has 3 aromatic heterocycles. The fourth-order valence-electron chi connectivity index (χ4n) is 4.28. The molecule has 2 saturated carbocycles. The van der Waals surface area contributed by atoms with Crippen LogP contribution in [0.1, 0.15) is 35.6 Å². The minimum atomic E-state index is -0.687. The number of hydrogen-bond acceptors (Lipinski definition) is 8. The Kier molecular flexibility index (Phi) is 4.61. The highest BCUT2D eigenvalue weighted by Gasteiger charge is 2.55. The van der Waals surface area contributed by atoms with Crippen molar-refractivity contribution in [3.8, 4) is 11.3 Å². The van der Waals surface area contributed by atoms with E-state index in [1.165, 1.54) is 17.8 Å². The monoisotopic (exact) mass is 468 g/mol. The molecule has 2 fully saturated rings. The van der Waals surface area contributed by atoms with E-state index in [1.807, 2.05) is 36.7 Å². The highest BCUT2D eigenvalue weighted by Crippen LogP contribution is 2.58. The van der Waals surface area contributed by atoms with Crippen molar-refractivity contribution in [3.05, 3.63) is 56.1 Å². The summed E-state index contributed by atoms with van der Waals surface area (Å²) in [4.78, 5) is 23.2. The van der Waals surface area contributed by atoms with Crippen molar-refractivity contribution in [2.75, 3.05) is 0 Å². The van der Waals surface area contributed by atoms with Gasteiger partial charge in [0.05, 0.1) is 15.6 Å². The molecule has 0 bridgehead atoms. The maximum absolute atomic E-state index is 12.2. The number of benzene rings is 1. The number of aliphatic hydroxyl groups is 1. The summed E-state index contributed by atoms with van der Waals surface area (Å²) in [6.07, 6.45) is 6.29. The number of fused-ring (bicyclic) bond motifs is 1. The first-order valence-electron chi connectivity index (χ1n) is 10.4. The Balaban J connectivity index is 1.32. The molecule has 1 N–H and O–H groups in total. The van der Waals surface area contributed by atoms with Gasteiger partial charge in [-0.2, -0.15) is 0 Å². The number of aryl methyl sites for hydroxylation is 1. The Bertz CT molecular complexity index is 1340. The number of hydrogen-bond donors (Lipinski definition) is 1. The molecule has 0 amide bonds. The zero-order chi connectivity index (χ0) is 21.2. The third-order valence-corrected chi connectivity index (χ3v) is 9.07. The molecule has 158 valence electrons. The van der Waals surface area contributed by atoms with E-state index in [-0.39, 0.29) is 5.63 Å². The van der Waals surface area contributed by atoms with Crippen LogP contribution in [0.2, 0.25) is 0 Å². The molecule has 0 unspecified atom stereocenters. The minimum absolute atomic E-state index is 0.384. The van der Waals surface area contributed by atoms with Crippen molar-refractivity contribution in [3.63, 3.8) is 0 Å². The van der Waals surface area contributed by atoms with Crippen LogP contribution in [0.25, 0.3) is 22.2 Å². The zero-order valence-electron chi connectivity index (χ0n) is 16.8. The van der Waals surface area contributed by atoms with Crippen molar-refractivity contribution < 1.29 is 9.52 Å². The molecule has 0 saturated heterocycles. The van der Waals surface area contributed by atoms with E-state index < -0.39 is 5.60 Å². The van der Waals surface area contributed by atoms with Gasteiger partial charge in [0.1, 0.15) is 11.2 Å². The summed E-state index contributed by atoms with van der Waals surface area (Å²) >= 11 is 4.68. The fraction of sp³-hybridized carbons (Fsp3) is 0.348. The molecule has 8 heteroatoms. The van der Waals surface area contributed by atoms with Gasteiger partial charge in [0, 0.05) is 33.5 Å². The lowest BCUT2D eigenvalue weighted by Crippen LogP contribution is -2.29. The first kappa shape index (κ1) is 19.7. The normalized spacial score (nSPS) is 16.8. The van der Waals surface area contributed by atoms with E-state index in [4.69, 9.17) is 4.42 Å². The predicted molar refractivity (Wildman–Crippen MR) is 124 cm³/mol. The van der Waals surface area contributed by atoms with Crippen LogP contribution in [0.4, 0.5) is 0 Å². The van der Waals surface area contributed by atoms with Gasteiger partial charge >= 0.3 is 5.63 Å². The molecule has 2 aliphatic rings. The third-order valence-electron chi connectivity index (χ3n) is 6.09. The van der Waals surface area contributed by atoms with E-state index in [1.54, 1.807) is 22.7 Å². The van der Waals surface area contributed by atoms with Crippen molar-refractivity contribution in [1.29, 1.82) is 0 Å². The Morgan fingerprint density at radius 1 is 1.19 bits per heavy atom. The van der Waals surface area contributed by atoms with Crippen LogP contribution in [0.5, 0.6) is 0 Å². The fourth-order valence-corrected chi connectivity index (χ4v) is 7.12. The van der Waals surface area contributed by atoms with Crippen LogP contribution >= 0.6 is 34.4 Å². The van der Waals surface area contributed by atoms with Gasteiger partial charge in [0.25, 0.3) is 0 Å². The molecule has 2 aliphatic carbocycles. The van der Waals surface area contributed by atoms with Crippen LogP contribution in [-0.4, -0.2) is 15.1 Å². The zero-order valence-corrected chi connectivity index (χ0v) is 19.3. The van der Waals surface area contributed by atoms with Gasteiger partial charge in [0.15, 0.2) is 4.34 Å². The molecule has 4 aromatic rings. The highest BCUT2D eigenvalue weighted by atomic mass is 32.2. The van der Waals surface area contributed by atoms with Gasteiger partial charge in [0.2, 0.25) is 0 Å². The molecule has 0 atom stereocenters. The average Bonchev–Trinajstić information content (AvgIpc) is 3.68. The van der Waals surface area contributed by atoms with Crippen LogP contribution in [0, 0.1) is 18.8 Å². The van der Waals surface area contributed by atoms with Crippen LogP contribution < -0.4 is 5.63 Å². The molecule has 0 aliphatic heterocycles. The molecule has 5 nitrogen and oxygen atoms in total. The molecule has 1 aromatic carbocycles. The van der Waals surface area contributed by atoms with Crippen molar-refractivity contribution in [2.24, 2.45) is 11.8 Å². The summed E-state index contributed by atoms with van der Waals surface area (Å²) in [5, 5.41) is 15.1. The van der Waals surface area contributed by atoms with Crippen molar-refractivity contribution in [2.45, 2.75) is 47.4 Å². The van der Waals surface area contributed by atoms with E-state index >= 15 is 0 Å². The van der Waals surface area contributed by atoms with Crippen LogP contribution in [-0.2, 0) is 5.60 Å². The van der Waals surface area contributed by atoms with Crippen molar-refractivity contribution in [1.82, 2.24) is 9.97 Å². The van der Waals surface area contributed by atoms with Gasteiger partial charge in [-0.25, -0.2) is 14.8 Å². The molecule has 6 rings (SSSR count). The molecule has 0 spiro atoms. The largest absolute Gasteiger partial charge is 0.423 e. The topological polar surface area (TPSA) is 76.2 Å². The second-order valence-electron chi connectivity index (χ2n) is 8.36. The summed E-state index contributed by atoms with van der Waals surface area (Å²) < 4.78 is 6.39. The summed E-state index contributed by atoms with van der Waals surface area (Å²) in [7, 11) is 0. The van der Waals surface area contributed by atoms with Gasteiger partial charge < -0.3 is 9.52 Å². The molecular formula is C23H20N2O3S3. The number of thiazole rings is 2. The third kappa shape index (κ3) is 3.55. The first-order chi connectivity index (χ1) is 15.0. The lowest BCUT2D eigenvalue weighted by molar-refractivity contribution is -0.00681. The smallest absolute Gasteiger partial charge is 0.336 e. The molecule has 3 heterocycles. The molecule has 31 heavy (non-hydrogen) atoms. The first-order valence-corrected chi connectivity index (χ1v) is 12.9. The number of rotatable bonds is 6. The van der Waals surface area contributed by atoms with E-state index in [0.717, 1.165) is 61.4 Å². The van der Waals surface area contributed by atoms with E-state index in [9.17, 15) is 9.90 Å². The predicted octanol–water partition coefficient (Wildman–Crippen LogP) is 5.84. The van der Waals surface area contributed by atoms with Crippen LogP contribution in [0.15, 0.2) is 54.3 Å². The Morgan fingerprint density at radius 3 is 2.65 bits per heavy atom. The summed E-state index contributed by atoms with van der Waals surface area (Å²) in [6, 6.07) is 7.39. The van der Waals surface area contributed by atoms with Gasteiger partial charge in [-0.1, -0.05) is 11.8 Å². The van der Waals surface area contributed by atoms with Gasteiger partial charge in [-0.05, 0) is 62.6 Å². The average molecular weight is 469 g/mol. The lowest BCUT2D eigenvalue weighted by Gasteiger charge is -2.26. The maximum Gasteiger partial charge on any atom is 0.336 e. The second-order valence-corrected chi connectivity index (χ2v) is 11.8. The quantitative estimate of drug-likeness (QED) is 0.358. The summed E-state index contributed by atoms with van der Waals surface area (Å²) in [5.41, 5.74) is 1.06. The number of aromatic nitrogens is 2. The van der Waals surface area contributed by atoms with Crippen molar-refractivity contribution >= 4 is 45.4 Å². The van der Waals surface area contributed by atoms with E-state index in [2.05, 4.69) is 9.97 Å². The lowest BCUT2D eigenvalue weighted by atomic mass is 9.90. The Labute approximate surface area is 191 Å². The Hall–Kier alpha value is -2.00. The summed E-state index contributed by atoms with van der Waals surface area (Å²) in [5.74, 6) is 0.780. The molecule has 0 radical (unpaired) electrons. The van der Waals surface area contributed by atoms with Crippen LogP contribution in [0.3, 0.4) is 0 Å².